The van der Waals surface area contributed by atoms with Crippen LogP contribution in [0.1, 0.15) is 83.9 Å². The summed E-state index contributed by atoms with van der Waals surface area (Å²) in [5.74, 6) is 0.960. The molecule has 0 bridgehead atoms. The molecule has 4 nitrogen and oxygen atoms in total. The van der Waals surface area contributed by atoms with E-state index in [4.69, 9.17) is 14.0 Å². The van der Waals surface area contributed by atoms with Crippen molar-refractivity contribution in [2.45, 2.75) is 103 Å². The summed E-state index contributed by atoms with van der Waals surface area (Å²) in [5, 5.41) is 8.94. The van der Waals surface area contributed by atoms with Crippen molar-refractivity contribution in [3.05, 3.63) is 65.2 Å². The summed E-state index contributed by atoms with van der Waals surface area (Å²) >= 11 is 0. The SMILES string of the molecule is CC(C)(C)[Si](C)(C)Oc1ccc(C=Cc2cccc(C=CCCCCC(=O)O)c2)cc1O[Si](C)(C)C(C)(C)C. The predicted octanol–water partition coefficient (Wildman–Crippen LogP) is 10.3. The molecular weight excluding hydrogens is 517 g/mol. The molecule has 1 N–H and O–H groups in total. The van der Waals surface area contributed by atoms with E-state index in [1.807, 2.05) is 0 Å². The average Bonchev–Trinajstić information content (AvgIpc) is 2.79. The van der Waals surface area contributed by atoms with Crippen molar-refractivity contribution in [2.75, 3.05) is 0 Å². The number of rotatable bonds is 12. The zero-order valence-corrected chi connectivity index (χ0v) is 27.9. The molecule has 0 spiro atoms. The van der Waals surface area contributed by atoms with Crippen molar-refractivity contribution < 1.29 is 18.8 Å². The van der Waals surface area contributed by atoms with E-state index in [1.165, 1.54) is 0 Å². The summed E-state index contributed by atoms with van der Waals surface area (Å²) in [7, 11) is -4.10. The first-order valence-corrected chi connectivity index (χ1v) is 19.9. The monoisotopic (exact) mass is 566 g/mol. The zero-order valence-electron chi connectivity index (χ0n) is 25.9. The molecule has 0 unspecified atom stereocenters. The van der Waals surface area contributed by atoms with Gasteiger partial charge in [-0.1, -0.05) is 90.1 Å². The molecule has 0 aliphatic rings. The molecule has 214 valence electrons. The van der Waals surface area contributed by atoms with E-state index in [1.54, 1.807) is 0 Å². The number of unbranched alkanes of at least 4 members (excludes halogenated alkanes) is 2. The molecule has 6 heteroatoms. The van der Waals surface area contributed by atoms with E-state index < -0.39 is 22.6 Å². The second kappa shape index (κ2) is 13.2. The summed E-state index contributed by atoms with van der Waals surface area (Å²) in [4.78, 5) is 10.6. The number of hydrogen-bond donors (Lipinski definition) is 1. The van der Waals surface area contributed by atoms with Gasteiger partial charge in [0.1, 0.15) is 11.5 Å². The van der Waals surface area contributed by atoms with Gasteiger partial charge < -0.3 is 14.0 Å². The first-order valence-electron chi connectivity index (χ1n) is 14.1. The first kappa shape index (κ1) is 32.6. The van der Waals surface area contributed by atoms with E-state index in [9.17, 15) is 4.79 Å². The molecule has 0 atom stereocenters. The van der Waals surface area contributed by atoms with Crippen LogP contribution in [0, 0.1) is 0 Å². The van der Waals surface area contributed by atoms with Crippen LogP contribution in [0.5, 0.6) is 11.5 Å². The lowest BCUT2D eigenvalue weighted by molar-refractivity contribution is -0.137. The Morgan fingerprint density at radius 2 is 1.26 bits per heavy atom. The average molecular weight is 567 g/mol. The first-order chi connectivity index (χ1) is 17.9. The van der Waals surface area contributed by atoms with Crippen molar-refractivity contribution in [3.8, 4) is 11.5 Å². The van der Waals surface area contributed by atoms with Gasteiger partial charge in [0.15, 0.2) is 0 Å². The minimum atomic E-state index is -2.07. The standard InChI is InChI=1S/C33H50O4Si2/c1-32(2,3)38(7,8)36-29-23-22-28(25-30(29)37-39(9,10)33(4,5)6)21-20-27-18-15-17-26(24-27)16-13-11-12-14-19-31(34)35/h13,15-18,20-25H,11-12,14,19H2,1-10H3,(H,34,35). The van der Waals surface area contributed by atoms with Crippen molar-refractivity contribution in [1.29, 1.82) is 0 Å². The number of allylic oxidation sites excluding steroid dienone is 1. The second-order valence-corrected chi connectivity index (χ2v) is 22.9. The van der Waals surface area contributed by atoms with Crippen molar-refractivity contribution >= 4 is 40.8 Å². The van der Waals surface area contributed by atoms with Gasteiger partial charge in [-0.3, -0.25) is 4.79 Å². The Hall–Kier alpha value is -2.58. The largest absolute Gasteiger partial charge is 0.541 e. The molecule has 2 aromatic carbocycles. The quantitative estimate of drug-likeness (QED) is 0.158. The maximum Gasteiger partial charge on any atom is 0.303 e. The van der Waals surface area contributed by atoms with Crippen LogP contribution in [0.2, 0.25) is 36.3 Å². The van der Waals surface area contributed by atoms with Crippen molar-refractivity contribution in [1.82, 2.24) is 0 Å². The Morgan fingerprint density at radius 3 is 1.79 bits per heavy atom. The number of carbonyl (C=O) groups is 1. The van der Waals surface area contributed by atoms with Gasteiger partial charge in [0, 0.05) is 6.42 Å². The molecular formula is C33H50O4Si2. The summed E-state index contributed by atoms with van der Waals surface area (Å²) in [5.41, 5.74) is 3.33. The lowest BCUT2D eigenvalue weighted by atomic mass is 10.1. The molecule has 0 saturated heterocycles. The fraction of sp³-hybridized carbons (Fsp3) is 0.485. The molecule has 0 aliphatic heterocycles. The lowest BCUT2D eigenvalue weighted by Crippen LogP contribution is -2.45. The third-order valence-electron chi connectivity index (χ3n) is 8.01. The molecule has 0 fully saturated rings. The van der Waals surface area contributed by atoms with Crippen molar-refractivity contribution in [3.63, 3.8) is 0 Å². The van der Waals surface area contributed by atoms with Crippen LogP contribution in [0.3, 0.4) is 0 Å². The van der Waals surface area contributed by atoms with Gasteiger partial charge in [0.2, 0.25) is 0 Å². The fourth-order valence-electron chi connectivity index (χ4n) is 3.37. The topological polar surface area (TPSA) is 55.8 Å². The van der Waals surface area contributed by atoms with Gasteiger partial charge in [0.25, 0.3) is 16.6 Å². The normalized spacial score (nSPS) is 13.3. The Balaban J connectivity index is 2.27. The van der Waals surface area contributed by atoms with E-state index in [0.717, 1.165) is 41.0 Å². The van der Waals surface area contributed by atoms with Gasteiger partial charge in [-0.2, -0.15) is 0 Å². The Kier molecular flexibility index (Phi) is 11.0. The molecule has 2 aromatic rings. The smallest absolute Gasteiger partial charge is 0.303 e. The zero-order chi connectivity index (χ0) is 29.5. The van der Waals surface area contributed by atoms with Crippen LogP contribution < -0.4 is 8.85 Å². The predicted molar refractivity (Wildman–Crippen MR) is 173 cm³/mol. The molecule has 0 amide bonds. The molecule has 0 aromatic heterocycles. The summed E-state index contributed by atoms with van der Waals surface area (Å²) in [6.45, 7) is 22.6. The summed E-state index contributed by atoms with van der Waals surface area (Å²) < 4.78 is 13.6. The molecule has 0 radical (unpaired) electrons. The summed E-state index contributed by atoms with van der Waals surface area (Å²) in [6, 6.07) is 14.7. The van der Waals surface area contributed by atoms with Crippen LogP contribution in [-0.4, -0.2) is 27.7 Å². The Labute approximate surface area is 239 Å². The maximum atomic E-state index is 10.6. The molecule has 0 heterocycles. The minimum absolute atomic E-state index is 0.0807. The third kappa shape index (κ3) is 10.2. The number of benzene rings is 2. The number of carboxylic acid groups (broad SMARTS) is 1. The van der Waals surface area contributed by atoms with Crippen LogP contribution in [-0.2, 0) is 4.79 Å². The molecule has 39 heavy (non-hydrogen) atoms. The lowest BCUT2D eigenvalue weighted by Gasteiger charge is -2.39. The summed E-state index contributed by atoms with van der Waals surface area (Å²) in [6.07, 6.45) is 11.2. The van der Waals surface area contributed by atoms with Crippen molar-refractivity contribution in [2.24, 2.45) is 0 Å². The van der Waals surface area contributed by atoms with Gasteiger partial charge in [-0.15, -0.1) is 0 Å². The number of aliphatic carboxylic acids is 1. The highest BCUT2D eigenvalue weighted by Crippen LogP contribution is 2.43. The highest BCUT2D eigenvalue weighted by atomic mass is 28.4. The number of carboxylic acids is 1. The van der Waals surface area contributed by atoms with E-state index in [0.29, 0.717) is 6.42 Å². The van der Waals surface area contributed by atoms with Gasteiger partial charge in [-0.25, -0.2) is 0 Å². The maximum absolute atomic E-state index is 10.6. The van der Waals surface area contributed by atoms with E-state index >= 15 is 0 Å². The Morgan fingerprint density at radius 1 is 0.744 bits per heavy atom. The third-order valence-corrected chi connectivity index (χ3v) is 16.7. The van der Waals surface area contributed by atoms with E-state index in [-0.39, 0.29) is 16.5 Å². The van der Waals surface area contributed by atoms with Gasteiger partial charge in [-0.05, 0) is 90.4 Å². The van der Waals surface area contributed by atoms with Crippen LogP contribution in [0.4, 0.5) is 0 Å². The molecule has 2 rings (SSSR count). The van der Waals surface area contributed by atoms with Crippen LogP contribution in [0.15, 0.2) is 48.5 Å². The van der Waals surface area contributed by atoms with E-state index in [2.05, 4.69) is 134 Å². The second-order valence-electron chi connectivity index (χ2n) is 13.5. The van der Waals surface area contributed by atoms with Crippen LogP contribution in [0.25, 0.3) is 18.2 Å². The Bertz CT molecular complexity index is 1160. The van der Waals surface area contributed by atoms with Gasteiger partial charge >= 0.3 is 5.97 Å². The number of hydrogen-bond acceptors (Lipinski definition) is 3. The highest BCUT2D eigenvalue weighted by Gasteiger charge is 2.42. The highest BCUT2D eigenvalue weighted by molar-refractivity contribution is 6.75. The molecule has 0 saturated carbocycles. The molecule has 0 aliphatic carbocycles. The fourth-order valence-corrected chi connectivity index (χ4v) is 5.41. The van der Waals surface area contributed by atoms with Crippen LogP contribution >= 0.6 is 0 Å². The van der Waals surface area contributed by atoms with Gasteiger partial charge in [0.05, 0.1) is 0 Å². The minimum Gasteiger partial charge on any atom is -0.541 e.